The Bertz CT molecular complexity index is 2500. The molecule has 0 saturated carbocycles. The van der Waals surface area contributed by atoms with Crippen LogP contribution in [0, 0.1) is 0 Å². The SMILES string of the molecule is CSc1ccccc1-c1c2nc(c(-c3ccccc3SC)c3ccc([nH]3)c(-c3ccccc3SC)c3nc(c(-c4ccccc4SC)c4ccc1[nH]4)C=C3)C=C2. The predicted octanol–water partition coefficient (Wildman–Crippen LogP) is 14.2. The van der Waals surface area contributed by atoms with Crippen molar-refractivity contribution >= 4 is 93.4 Å². The minimum absolute atomic E-state index is 0.911. The van der Waals surface area contributed by atoms with E-state index in [2.05, 4.69) is 181 Å². The van der Waals surface area contributed by atoms with Crippen LogP contribution in [-0.4, -0.2) is 45.0 Å². The van der Waals surface area contributed by atoms with Gasteiger partial charge in [0.05, 0.1) is 22.8 Å². The zero-order valence-corrected chi connectivity index (χ0v) is 34.6. The lowest BCUT2D eigenvalue weighted by molar-refractivity contribution is 1.29. The van der Waals surface area contributed by atoms with E-state index >= 15 is 0 Å². The molecule has 8 heteroatoms. The third kappa shape index (κ3) is 6.54. The highest BCUT2D eigenvalue weighted by Crippen LogP contribution is 2.43. The van der Waals surface area contributed by atoms with Gasteiger partial charge in [0, 0.05) is 63.9 Å². The van der Waals surface area contributed by atoms with Crippen LogP contribution in [0.5, 0.6) is 0 Å². The molecule has 4 aromatic carbocycles. The molecule has 0 fully saturated rings. The number of thioether (sulfide) groups is 4. The topological polar surface area (TPSA) is 57.4 Å². The molecule has 274 valence electrons. The second kappa shape index (κ2) is 15.8. The summed E-state index contributed by atoms with van der Waals surface area (Å²) in [6.07, 6.45) is 17.3. The predicted molar refractivity (Wildman–Crippen MR) is 248 cm³/mol. The van der Waals surface area contributed by atoms with Gasteiger partial charge in [-0.2, -0.15) is 0 Å². The standard InChI is InChI=1S/C48H38N4S4/c1-53-41-17-9-5-13-29(41)45-33-21-23-35(49-33)46(30-14-6-10-18-42(30)54-2)37-25-27-39(51-37)48(32-16-8-12-20-44(32)56-4)40-28-26-38(52-40)47(36-24-22-34(45)50-36)31-15-7-11-19-43(31)55-3/h5-28,49,52H,1-4H3. The zero-order valence-electron chi connectivity index (χ0n) is 31.4. The summed E-state index contributed by atoms with van der Waals surface area (Å²) in [5.41, 5.74) is 16.4. The summed E-state index contributed by atoms with van der Waals surface area (Å²) >= 11 is 7.00. The molecule has 0 aliphatic carbocycles. The van der Waals surface area contributed by atoms with Gasteiger partial charge in [-0.15, -0.1) is 47.0 Å². The minimum atomic E-state index is 0.911. The van der Waals surface area contributed by atoms with E-state index in [4.69, 9.17) is 9.97 Å². The Hall–Kier alpha value is -5.12. The molecular formula is C48H38N4S4. The smallest absolute Gasteiger partial charge is 0.0737 e. The van der Waals surface area contributed by atoms with E-state index in [-0.39, 0.29) is 0 Å². The molecule has 8 bridgehead atoms. The van der Waals surface area contributed by atoms with Gasteiger partial charge in [-0.1, -0.05) is 72.8 Å². The highest BCUT2D eigenvalue weighted by Gasteiger charge is 2.21. The third-order valence-electron chi connectivity index (χ3n) is 10.3. The largest absolute Gasteiger partial charge is 0.354 e. The van der Waals surface area contributed by atoms with Crippen LogP contribution in [0.25, 0.3) is 90.9 Å². The van der Waals surface area contributed by atoms with E-state index in [1.165, 1.54) is 19.6 Å². The number of nitrogens with one attached hydrogen (secondary N) is 2. The number of aromatic nitrogens is 4. The maximum absolute atomic E-state index is 5.53. The summed E-state index contributed by atoms with van der Waals surface area (Å²) in [6, 6.07) is 43.3. The van der Waals surface area contributed by atoms with Gasteiger partial charge >= 0.3 is 0 Å². The van der Waals surface area contributed by atoms with Crippen LogP contribution in [0.4, 0.5) is 0 Å². The third-order valence-corrected chi connectivity index (χ3v) is 13.4. The van der Waals surface area contributed by atoms with Crippen LogP contribution >= 0.6 is 47.0 Å². The molecule has 4 nitrogen and oxygen atoms in total. The van der Waals surface area contributed by atoms with Crippen LogP contribution in [0.3, 0.4) is 0 Å². The monoisotopic (exact) mass is 798 g/mol. The number of nitrogens with zero attached hydrogens (tertiary/aromatic N) is 2. The van der Waals surface area contributed by atoms with Crippen LogP contribution in [0.15, 0.2) is 141 Å². The lowest BCUT2D eigenvalue weighted by Gasteiger charge is -2.11. The second-order valence-electron chi connectivity index (χ2n) is 13.3. The molecule has 0 radical (unpaired) electrons. The zero-order chi connectivity index (χ0) is 38.2. The quantitative estimate of drug-likeness (QED) is 0.149. The fraction of sp³-hybridized carbons (Fsp3) is 0.0833. The number of benzene rings is 4. The lowest BCUT2D eigenvalue weighted by atomic mass is 10.0. The Kier molecular flexibility index (Phi) is 10.3. The molecule has 0 atom stereocenters. The van der Waals surface area contributed by atoms with Gasteiger partial charge in [0.15, 0.2) is 0 Å². The Morgan fingerprint density at radius 2 is 0.554 bits per heavy atom. The lowest BCUT2D eigenvalue weighted by Crippen LogP contribution is -1.92. The van der Waals surface area contributed by atoms with Crippen molar-refractivity contribution in [2.75, 3.05) is 25.0 Å². The van der Waals surface area contributed by atoms with Gasteiger partial charge in [-0.25, -0.2) is 9.97 Å². The molecule has 7 aromatic rings. The summed E-state index contributed by atoms with van der Waals surface area (Å²) in [5.74, 6) is 0. The Labute approximate surface area is 344 Å². The second-order valence-corrected chi connectivity index (χ2v) is 16.7. The molecule has 56 heavy (non-hydrogen) atoms. The van der Waals surface area contributed by atoms with Crippen LogP contribution in [-0.2, 0) is 0 Å². The van der Waals surface area contributed by atoms with Crippen molar-refractivity contribution in [3.63, 3.8) is 0 Å². The number of hydrogen-bond donors (Lipinski definition) is 2. The minimum Gasteiger partial charge on any atom is -0.354 e. The number of aromatic amines is 2. The summed E-state index contributed by atoms with van der Waals surface area (Å²) in [4.78, 5) is 23.7. The number of fused-ring (bicyclic) bond motifs is 8. The summed E-state index contributed by atoms with van der Waals surface area (Å²) in [7, 11) is 0. The summed E-state index contributed by atoms with van der Waals surface area (Å²) in [5, 5.41) is 0. The van der Waals surface area contributed by atoms with E-state index in [1.807, 2.05) is 0 Å². The average Bonchev–Trinajstić information content (AvgIpc) is 4.10. The molecule has 0 amide bonds. The normalized spacial score (nSPS) is 12.1. The molecule has 0 spiro atoms. The summed E-state index contributed by atoms with van der Waals surface area (Å²) < 4.78 is 0. The highest BCUT2D eigenvalue weighted by molar-refractivity contribution is 7.99. The maximum atomic E-state index is 5.53. The van der Waals surface area contributed by atoms with Crippen molar-refractivity contribution in [1.82, 2.24) is 19.9 Å². The van der Waals surface area contributed by atoms with Crippen LogP contribution < -0.4 is 0 Å². The van der Waals surface area contributed by atoms with E-state index < -0.39 is 0 Å². The van der Waals surface area contributed by atoms with Crippen LogP contribution in [0.1, 0.15) is 22.8 Å². The number of hydrogen-bond acceptors (Lipinski definition) is 6. The van der Waals surface area contributed by atoms with E-state index in [9.17, 15) is 0 Å². The van der Waals surface area contributed by atoms with Crippen LogP contribution in [0.2, 0.25) is 0 Å². The maximum Gasteiger partial charge on any atom is 0.0737 e. The van der Waals surface area contributed by atoms with E-state index in [0.717, 1.165) is 89.4 Å². The molecule has 2 aliphatic rings. The first kappa shape index (κ1) is 36.5. The Balaban J connectivity index is 1.51. The first-order chi connectivity index (χ1) is 27.6. The average molecular weight is 799 g/mol. The van der Waals surface area contributed by atoms with Crippen molar-refractivity contribution in [1.29, 1.82) is 0 Å². The highest BCUT2D eigenvalue weighted by atomic mass is 32.2. The summed E-state index contributed by atoms with van der Waals surface area (Å²) in [6.45, 7) is 0. The van der Waals surface area contributed by atoms with Crippen molar-refractivity contribution in [2.45, 2.75) is 19.6 Å². The van der Waals surface area contributed by atoms with E-state index in [0.29, 0.717) is 0 Å². The fourth-order valence-electron chi connectivity index (χ4n) is 7.74. The molecule has 3 aromatic heterocycles. The van der Waals surface area contributed by atoms with Gasteiger partial charge in [0.1, 0.15) is 0 Å². The molecule has 9 rings (SSSR count). The van der Waals surface area contributed by atoms with Gasteiger partial charge in [-0.05, 0) is 120 Å². The molecular weight excluding hydrogens is 761 g/mol. The van der Waals surface area contributed by atoms with Gasteiger partial charge in [0.25, 0.3) is 0 Å². The van der Waals surface area contributed by atoms with Gasteiger partial charge in [-0.3, -0.25) is 0 Å². The molecule has 0 saturated heterocycles. The molecule has 0 unspecified atom stereocenters. The first-order valence-corrected chi connectivity index (χ1v) is 23.2. The first-order valence-electron chi connectivity index (χ1n) is 18.3. The van der Waals surface area contributed by atoms with Crippen molar-refractivity contribution < 1.29 is 0 Å². The molecule has 2 aliphatic heterocycles. The van der Waals surface area contributed by atoms with E-state index in [1.54, 1.807) is 47.0 Å². The van der Waals surface area contributed by atoms with Crippen molar-refractivity contribution in [3.8, 4) is 44.5 Å². The van der Waals surface area contributed by atoms with Gasteiger partial charge < -0.3 is 9.97 Å². The van der Waals surface area contributed by atoms with Crippen molar-refractivity contribution in [2.24, 2.45) is 0 Å². The molecule has 2 N–H and O–H groups in total. The van der Waals surface area contributed by atoms with Gasteiger partial charge in [0.2, 0.25) is 0 Å². The van der Waals surface area contributed by atoms with Crippen molar-refractivity contribution in [3.05, 3.63) is 144 Å². The Morgan fingerprint density at radius 1 is 0.321 bits per heavy atom. The molecule has 5 heterocycles. The number of rotatable bonds is 8. The fourth-order valence-corrected chi connectivity index (χ4v) is 10.2. The number of H-pyrrole nitrogens is 2. The Morgan fingerprint density at radius 3 is 0.786 bits per heavy atom.